The minimum atomic E-state index is -5.08. The molecule has 1 fully saturated rings. The standard InChI is InChI=1S/C20H26N2O8.C2HF3O2/c21-8-12-1-3-13(4-2-12)20(28)22-9-15(23)14-5-6-16(29-10-18(24)25)17(7-14)30-11-19(26)27;3-2(4,5)1(6)7/h5-7,12-13H,1-4,8-11,21H2,(H,22,28)(H,24,25)(H,26,27);(H,6,7)/t12-,13-;. The Morgan fingerprint density at radius 2 is 1.43 bits per heavy atom. The number of nitrogens with one attached hydrogen (secondary N) is 1. The smallest absolute Gasteiger partial charge is 0.479 e. The van der Waals surface area contributed by atoms with Crippen LogP contribution in [0.5, 0.6) is 11.5 Å². The van der Waals surface area contributed by atoms with Crippen molar-refractivity contribution in [3.8, 4) is 11.5 Å². The lowest BCUT2D eigenvalue weighted by Crippen LogP contribution is -2.37. The van der Waals surface area contributed by atoms with Crippen LogP contribution in [0.4, 0.5) is 13.2 Å². The number of ether oxygens (including phenoxy) is 2. The second kappa shape index (κ2) is 14.6. The van der Waals surface area contributed by atoms with Crippen LogP contribution in [0, 0.1) is 11.8 Å². The van der Waals surface area contributed by atoms with Crippen LogP contribution in [-0.2, 0) is 19.2 Å². The van der Waals surface area contributed by atoms with Gasteiger partial charge in [0.25, 0.3) is 0 Å². The number of carbonyl (C=O) groups is 5. The van der Waals surface area contributed by atoms with E-state index in [-0.39, 0.29) is 35.4 Å². The zero-order valence-electron chi connectivity index (χ0n) is 19.5. The molecule has 0 atom stereocenters. The minimum Gasteiger partial charge on any atom is -0.479 e. The summed E-state index contributed by atoms with van der Waals surface area (Å²) in [7, 11) is 0. The summed E-state index contributed by atoms with van der Waals surface area (Å²) < 4.78 is 41.9. The fourth-order valence-electron chi connectivity index (χ4n) is 3.27. The second-order valence-electron chi connectivity index (χ2n) is 7.92. The van der Waals surface area contributed by atoms with Gasteiger partial charge in [-0.15, -0.1) is 0 Å². The van der Waals surface area contributed by atoms with E-state index in [0.29, 0.717) is 12.5 Å². The molecule has 15 heteroatoms. The van der Waals surface area contributed by atoms with Crippen molar-refractivity contribution in [3.05, 3.63) is 23.8 Å². The first-order valence-corrected chi connectivity index (χ1v) is 10.9. The van der Waals surface area contributed by atoms with Gasteiger partial charge in [0.2, 0.25) is 5.91 Å². The summed E-state index contributed by atoms with van der Waals surface area (Å²) in [6.45, 7) is -0.947. The van der Waals surface area contributed by atoms with Gasteiger partial charge in [-0.2, -0.15) is 13.2 Å². The number of ketones is 1. The van der Waals surface area contributed by atoms with E-state index in [0.717, 1.165) is 25.7 Å². The van der Waals surface area contributed by atoms with Crippen molar-refractivity contribution >= 4 is 29.6 Å². The van der Waals surface area contributed by atoms with Crippen molar-refractivity contribution in [2.45, 2.75) is 31.9 Å². The first kappa shape index (κ1) is 31.2. The highest BCUT2D eigenvalue weighted by Gasteiger charge is 2.38. The van der Waals surface area contributed by atoms with Crippen molar-refractivity contribution < 1.29 is 61.9 Å². The summed E-state index contributed by atoms with van der Waals surface area (Å²) in [5.74, 6) is -5.57. The highest BCUT2D eigenvalue weighted by atomic mass is 19.4. The third-order valence-electron chi connectivity index (χ3n) is 5.18. The molecule has 1 aromatic rings. The van der Waals surface area contributed by atoms with Gasteiger partial charge in [0, 0.05) is 11.5 Å². The van der Waals surface area contributed by atoms with E-state index >= 15 is 0 Å². The summed E-state index contributed by atoms with van der Waals surface area (Å²) in [6.07, 6.45) is -1.81. The maximum absolute atomic E-state index is 12.5. The molecule has 0 radical (unpaired) electrons. The van der Waals surface area contributed by atoms with Crippen LogP contribution in [0.15, 0.2) is 18.2 Å². The molecular weight excluding hydrogens is 509 g/mol. The maximum Gasteiger partial charge on any atom is 0.490 e. The van der Waals surface area contributed by atoms with Crippen LogP contribution in [0.3, 0.4) is 0 Å². The summed E-state index contributed by atoms with van der Waals surface area (Å²) in [5, 5.41) is 27.3. The zero-order valence-corrected chi connectivity index (χ0v) is 19.5. The fourth-order valence-corrected chi connectivity index (χ4v) is 3.27. The van der Waals surface area contributed by atoms with Crippen molar-refractivity contribution in [2.24, 2.45) is 17.6 Å². The average molecular weight is 536 g/mol. The molecule has 1 aliphatic carbocycles. The summed E-state index contributed by atoms with van der Waals surface area (Å²) >= 11 is 0. The normalized spacial score (nSPS) is 17.0. The number of aliphatic carboxylic acids is 3. The van der Waals surface area contributed by atoms with Crippen LogP contribution in [0.2, 0.25) is 0 Å². The lowest BCUT2D eigenvalue weighted by Gasteiger charge is -2.26. The maximum atomic E-state index is 12.5. The molecule has 0 heterocycles. The molecule has 12 nitrogen and oxygen atoms in total. The summed E-state index contributed by atoms with van der Waals surface area (Å²) in [4.78, 5) is 55.1. The quantitative estimate of drug-likeness (QED) is 0.255. The zero-order chi connectivity index (χ0) is 28.2. The molecule has 0 unspecified atom stereocenters. The number of hydrogen-bond donors (Lipinski definition) is 5. The predicted molar refractivity (Wildman–Crippen MR) is 118 cm³/mol. The molecule has 6 N–H and O–H groups in total. The number of nitrogens with two attached hydrogens (primary N) is 1. The topological polar surface area (TPSA) is 203 Å². The van der Waals surface area contributed by atoms with Crippen molar-refractivity contribution in [2.75, 3.05) is 26.3 Å². The molecule has 206 valence electrons. The average Bonchev–Trinajstić information content (AvgIpc) is 2.84. The van der Waals surface area contributed by atoms with Gasteiger partial charge in [-0.25, -0.2) is 14.4 Å². The Balaban J connectivity index is 0.000000856. The van der Waals surface area contributed by atoms with E-state index in [1.807, 2.05) is 0 Å². The number of carboxylic acids is 3. The van der Waals surface area contributed by atoms with Crippen molar-refractivity contribution in [3.63, 3.8) is 0 Å². The molecule has 37 heavy (non-hydrogen) atoms. The van der Waals surface area contributed by atoms with Crippen LogP contribution < -0.4 is 20.5 Å². The first-order chi connectivity index (χ1) is 17.2. The predicted octanol–water partition coefficient (Wildman–Crippen LogP) is 1.31. The molecule has 1 aromatic carbocycles. The molecule has 2 rings (SSSR count). The van der Waals surface area contributed by atoms with Gasteiger partial charge in [-0.1, -0.05) is 0 Å². The Morgan fingerprint density at radius 3 is 1.89 bits per heavy atom. The number of amides is 1. The van der Waals surface area contributed by atoms with Gasteiger partial charge in [0.1, 0.15) is 0 Å². The number of carboxylic acid groups (broad SMARTS) is 3. The van der Waals surface area contributed by atoms with E-state index in [2.05, 4.69) is 5.32 Å². The van der Waals surface area contributed by atoms with Crippen molar-refractivity contribution in [1.29, 1.82) is 0 Å². The highest BCUT2D eigenvalue weighted by Crippen LogP contribution is 2.29. The molecule has 1 aliphatic rings. The van der Waals surface area contributed by atoms with Gasteiger partial charge < -0.3 is 35.8 Å². The Hall–Kier alpha value is -3.88. The van der Waals surface area contributed by atoms with Gasteiger partial charge >= 0.3 is 24.1 Å². The number of alkyl halides is 3. The lowest BCUT2D eigenvalue weighted by molar-refractivity contribution is -0.192. The molecule has 1 amide bonds. The second-order valence-corrected chi connectivity index (χ2v) is 7.92. The molecule has 0 aromatic heterocycles. The monoisotopic (exact) mass is 536 g/mol. The highest BCUT2D eigenvalue weighted by molar-refractivity contribution is 6.00. The van der Waals surface area contributed by atoms with Crippen LogP contribution in [0.1, 0.15) is 36.0 Å². The number of carbonyl (C=O) groups excluding carboxylic acids is 2. The Morgan fingerprint density at radius 1 is 0.919 bits per heavy atom. The van der Waals surface area contributed by atoms with Gasteiger partial charge in [0.05, 0.1) is 6.54 Å². The molecule has 1 saturated carbocycles. The fraction of sp³-hybridized carbons (Fsp3) is 0.500. The minimum absolute atomic E-state index is 0.00380. The van der Waals surface area contributed by atoms with E-state index in [1.165, 1.54) is 18.2 Å². The molecule has 0 spiro atoms. The third-order valence-corrected chi connectivity index (χ3v) is 5.18. The van der Waals surface area contributed by atoms with Gasteiger partial charge in [0.15, 0.2) is 30.5 Å². The number of benzene rings is 1. The van der Waals surface area contributed by atoms with Gasteiger partial charge in [-0.05, 0) is 56.3 Å². The van der Waals surface area contributed by atoms with E-state index in [4.69, 9.17) is 35.3 Å². The number of halogens is 3. The lowest BCUT2D eigenvalue weighted by atomic mass is 9.81. The summed E-state index contributed by atoms with van der Waals surface area (Å²) in [5.41, 5.74) is 5.83. The largest absolute Gasteiger partial charge is 0.490 e. The molecule has 0 aliphatic heterocycles. The first-order valence-electron chi connectivity index (χ1n) is 10.9. The van der Waals surface area contributed by atoms with E-state index < -0.39 is 43.1 Å². The Bertz CT molecular complexity index is 976. The number of rotatable bonds is 11. The van der Waals surface area contributed by atoms with Crippen LogP contribution in [0.25, 0.3) is 0 Å². The van der Waals surface area contributed by atoms with E-state index in [9.17, 15) is 32.3 Å². The molecular formula is C22H27F3N2O10. The van der Waals surface area contributed by atoms with Crippen molar-refractivity contribution in [1.82, 2.24) is 5.32 Å². The number of Topliss-reactive ketones (excluding diaryl/α,β-unsaturated/α-hetero) is 1. The Kier molecular flexibility index (Phi) is 12.3. The van der Waals surface area contributed by atoms with Crippen LogP contribution >= 0.6 is 0 Å². The summed E-state index contributed by atoms with van der Waals surface area (Å²) in [6, 6.07) is 3.98. The third kappa shape index (κ3) is 11.6. The number of hydrogen-bond acceptors (Lipinski definition) is 8. The Labute approximate surface area is 208 Å². The SMILES string of the molecule is NC[C@H]1CC[C@H](C(=O)NCC(=O)c2ccc(OCC(=O)O)c(OCC(=O)O)c2)CC1.O=C(O)C(F)(F)F. The van der Waals surface area contributed by atoms with Gasteiger partial charge in [-0.3, -0.25) is 9.59 Å². The molecule has 0 saturated heterocycles. The van der Waals surface area contributed by atoms with E-state index in [1.54, 1.807) is 0 Å². The molecule has 0 bridgehead atoms. The van der Waals surface area contributed by atoms with Crippen LogP contribution in [-0.4, -0.2) is 77.4 Å².